The molecule has 3 aromatic rings. The van der Waals surface area contributed by atoms with Crippen LogP contribution in [0.25, 0.3) is 0 Å². The van der Waals surface area contributed by atoms with Crippen molar-refractivity contribution in [3.8, 4) is 11.5 Å². The van der Waals surface area contributed by atoms with Crippen molar-refractivity contribution >= 4 is 5.71 Å². The number of benzene rings is 3. The third-order valence-electron chi connectivity index (χ3n) is 5.35. The van der Waals surface area contributed by atoms with E-state index in [4.69, 9.17) is 14.6 Å². The zero-order valence-corrected chi connectivity index (χ0v) is 16.1. The van der Waals surface area contributed by atoms with Crippen molar-refractivity contribution in [2.24, 2.45) is 5.10 Å². The summed E-state index contributed by atoms with van der Waals surface area (Å²) in [7, 11) is 0. The Labute approximate surface area is 169 Å². The lowest BCUT2D eigenvalue weighted by Crippen LogP contribution is -2.33. The molecule has 5 heteroatoms. The number of fused-ring (bicyclic) bond motifs is 3. The summed E-state index contributed by atoms with van der Waals surface area (Å²) >= 11 is 0. The Morgan fingerprint density at radius 1 is 1.03 bits per heavy atom. The number of halogens is 1. The minimum atomic E-state index is -0.330. The smallest absolute Gasteiger partial charge is 0.213 e. The molecule has 0 spiro atoms. The van der Waals surface area contributed by atoms with Gasteiger partial charge in [0.25, 0.3) is 0 Å². The molecule has 0 bridgehead atoms. The van der Waals surface area contributed by atoms with Crippen molar-refractivity contribution in [2.75, 3.05) is 6.61 Å². The maximum atomic E-state index is 13.4. The molecule has 0 unspecified atom stereocenters. The van der Waals surface area contributed by atoms with Crippen LogP contribution in [0.2, 0.25) is 0 Å². The molecule has 2 aliphatic heterocycles. The molecule has 0 fully saturated rings. The van der Waals surface area contributed by atoms with E-state index in [0.717, 1.165) is 40.3 Å². The van der Waals surface area contributed by atoms with Crippen LogP contribution < -0.4 is 9.47 Å². The van der Waals surface area contributed by atoms with Gasteiger partial charge in [-0.3, -0.25) is 0 Å². The fourth-order valence-electron chi connectivity index (χ4n) is 3.97. The zero-order chi connectivity index (χ0) is 19.8. The highest BCUT2D eigenvalue weighted by Crippen LogP contribution is 2.47. The number of hydrogen-bond donors (Lipinski definition) is 0. The Morgan fingerprint density at radius 3 is 2.55 bits per heavy atom. The first-order valence-corrected chi connectivity index (χ1v) is 9.83. The molecule has 0 N–H and O–H groups in total. The highest BCUT2D eigenvalue weighted by molar-refractivity contribution is 6.01. The van der Waals surface area contributed by atoms with E-state index in [2.05, 4.69) is 6.07 Å². The molecule has 0 saturated heterocycles. The molecule has 0 aromatic heterocycles. The second kappa shape index (κ2) is 7.24. The average Bonchev–Trinajstić information content (AvgIpc) is 3.20. The molecule has 5 rings (SSSR count). The van der Waals surface area contributed by atoms with E-state index in [1.807, 2.05) is 54.4 Å². The predicted octanol–water partition coefficient (Wildman–Crippen LogP) is 5.47. The van der Waals surface area contributed by atoms with Gasteiger partial charge in [-0.15, -0.1) is 0 Å². The summed E-state index contributed by atoms with van der Waals surface area (Å²) in [5.74, 6) is 1.47. The van der Waals surface area contributed by atoms with Crippen LogP contribution in [0.5, 0.6) is 11.5 Å². The van der Waals surface area contributed by atoms with Crippen LogP contribution in [0.15, 0.2) is 77.9 Å². The lowest BCUT2D eigenvalue weighted by molar-refractivity contribution is -0.0190. The molecule has 0 amide bonds. The van der Waals surface area contributed by atoms with Crippen molar-refractivity contribution in [3.05, 3.63) is 95.3 Å². The molecule has 3 aromatic carbocycles. The molecule has 4 nitrogen and oxygen atoms in total. The highest BCUT2D eigenvalue weighted by atomic mass is 19.1. The fraction of sp³-hybridized carbons (Fsp3) is 0.208. The van der Waals surface area contributed by atoms with E-state index in [1.165, 1.54) is 12.1 Å². The number of rotatable bonds is 4. The van der Waals surface area contributed by atoms with Crippen molar-refractivity contribution in [1.29, 1.82) is 0 Å². The maximum Gasteiger partial charge on any atom is 0.213 e. The average molecular weight is 388 g/mol. The second-order valence-electron chi connectivity index (χ2n) is 7.16. The van der Waals surface area contributed by atoms with E-state index >= 15 is 0 Å². The van der Waals surface area contributed by atoms with Crippen molar-refractivity contribution in [2.45, 2.75) is 25.6 Å². The van der Waals surface area contributed by atoms with Gasteiger partial charge in [0.1, 0.15) is 17.3 Å². The Hall–Kier alpha value is -3.34. The van der Waals surface area contributed by atoms with E-state index in [9.17, 15) is 4.39 Å². The van der Waals surface area contributed by atoms with Gasteiger partial charge < -0.3 is 9.47 Å². The second-order valence-corrected chi connectivity index (χ2v) is 7.16. The van der Waals surface area contributed by atoms with Crippen LogP contribution in [-0.2, 0) is 0 Å². The van der Waals surface area contributed by atoms with E-state index < -0.39 is 0 Å². The summed E-state index contributed by atoms with van der Waals surface area (Å²) in [5, 5.41) is 6.92. The first kappa shape index (κ1) is 17.7. The molecule has 29 heavy (non-hydrogen) atoms. The number of ether oxygens (including phenoxy) is 2. The van der Waals surface area contributed by atoms with Gasteiger partial charge in [0.2, 0.25) is 6.23 Å². The lowest BCUT2D eigenvalue weighted by atomic mass is 9.96. The van der Waals surface area contributed by atoms with Gasteiger partial charge in [0.15, 0.2) is 0 Å². The highest BCUT2D eigenvalue weighted by Gasteiger charge is 2.40. The van der Waals surface area contributed by atoms with Gasteiger partial charge in [-0.1, -0.05) is 30.3 Å². The molecule has 0 saturated carbocycles. The molecule has 2 heterocycles. The molecular weight excluding hydrogens is 367 g/mol. The molecule has 146 valence electrons. The number of nitrogens with zero attached hydrogens (tertiary/aromatic N) is 2. The lowest BCUT2D eigenvalue weighted by Gasteiger charge is -2.38. The summed E-state index contributed by atoms with van der Waals surface area (Å²) in [6, 6.07) is 22.7. The molecule has 0 radical (unpaired) electrons. The van der Waals surface area contributed by atoms with Crippen LogP contribution in [0.1, 0.15) is 42.3 Å². The van der Waals surface area contributed by atoms with Crippen LogP contribution in [0.3, 0.4) is 0 Å². The summed E-state index contributed by atoms with van der Waals surface area (Å²) in [6.07, 6.45) is 0.419. The Balaban J connectivity index is 1.53. The summed E-state index contributed by atoms with van der Waals surface area (Å²) in [4.78, 5) is 0. The third kappa shape index (κ3) is 3.23. The summed E-state index contributed by atoms with van der Waals surface area (Å²) < 4.78 is 25.3. The van der Waals surface area contributed by atoms with Gasteiger partial charge in [-0.2, -0.15) is 5.10 Å². The number of hydrazone groups is 1. The van der Waals surface area contributed by atoms with Crippen molar-refractivity contribution in [1.82, 2.24) is 5.01 Å². The number of hydrogen-bond acceptors (Lipinski definition) is 4. The Kier molecular flexibility index (Phi) is 4.43. The van der Waals surface area contributed by atoms with Crippen LogP contribution in [0, 0.1) is 5.82 Å². The van der Waals surface area contributed by atoms with Crippen molar-refractivity contribution < 1.29 is 13.9 Å². The van der Waals surface area contributed by atoms with Crippen LogP contribution in [0.4, 0.5) is 4.39 Å². The normalized spacial score (nSPS) is 19.8. The first-order valence-electron chi connectivity index (χ1n) is 9.83. The summed E-state index contributed by atoms with van der Waals surface area (Å²) in [6.45, 7) is 2.60. The summed E-state index contributed by atoms with van der Waals surface area (Å²) in [5.41, 5.74) is 4.00. The minimum Gasteiger partial charge on any atom is -0.494 e. The van der Waals surface area contributed by atoms with E-state index in [-0.39, 0.29) is 18.1 Å². The fourth-order valence-corrected chi connectivity index (χ4v) is 3.97. The third-order valence-corrected chi connectivity index (χ3v) is 5.35. The molecule has 2 atom stereocenters. The Bertz CT molecular complexity index is 1050. The van der Waals surface area contributed by atoms with E-state index in [1.54, 1.807) is 12.1 Å². The molecule has 2 aliphatic rings. The number of para-hydroxylation sites is 1. The van der Waals surface area contributed by atoms with Crippen molar-refractivity contribution in [3.63, 3.8) is 0 Å². The monoisotopic (exact) mass is 388 g/mol. The largest absolute Gasteiger partial charge is 0.494 e. The van der Waals surface area contributed by atoms with Gasteiger partial charge in [0, 0.05) is 17.5 Å². The standard InChI is InChI=1S/C24H21FN2O2/c1-2-28-19-13-9-17(10-14-19)24-27-22(20-5-3-4-6-23(20)29-24)15-21(26-27)16-7-11-18(25)12-8-16/h3-14,22,24H,2,15H2,1H3/t22-,24+/m0/s1. The van der Waals surface area contributed by atoms with E-state index in [0.29, 0.717) is 6.61 Å². The Morgan fingerprint density at radius 2 is 1.79 bits per heavy atom. The van der Waals surface area contributed by atoms with Crippen LogP contribution >= 0.6 is 0 Å². The van der Waals surface area contributed by atoms with Gasteiger partial charge >= 0.3 is 0 Å². The topological polar surface area (TPSA) is 34.1 Å². The van der Waals surface area contributed by atoms with Crippen LogP contribution in [-0.4, -0.2) is 17.3 Å². The first-order chi connectivity index (χ1) is 14.2. The zero-order valence-electron chi connectivity index (χ0n) is 16.1. The van der Waals surface area contributed by atoms with Gasteiger partial charge in [-0.25, -0.2) is 9.40 Å². The van der Waals surface area contributed by atoms with Gasteiger partial charge in [-0.05, 0) is 55.0 Å². The quantitative estimate of drug-likeness (QED) is 0.595. The SMILES string of the molecule is CCOc1ccc([C@H]2Oc3ccccc3[C@@H]3CC(c4ccc(F)cc4)=NN23)cc1. The minimum absolute atomic E-state index is 0.0802. The molecular formula is C24H21FN2O2. The predicted molar refractivity (Wildman–Crippen MR) is 110 cm³/mol. The maximum absolute atomic E-state index is 13.4. The van der Waals surface area contributed by atoms with Gasteiger partial charge in [0.05, 0.1) is 18.4 Å². The molecule has 0 aliphatic carbocycles.